The average Bonchev–Trinajstić information content (AvgIpc) is 3.46. The molecule has 1 saturated carbocycles. The van der Waals surface area contributed by atoms with Gasteiger partial charge in [-0.3, -0.25) is 4.79 Å². The van der Waals surface area contributed by atoms with Crippen molar-refractivity contribution in [3.05, 3.63) is 38.9 Å². The first-order valence-electron chi connectivity index (χ1n) is 9.24. The van der Waals surface area contributed by atoms with Crippen LogP contribution in [0.2, 0.25) is 5.02 Å². The number of halogens is 2. The van der Waals surface area contributed by atoms with Gasteiger partial charge in [0, 0.05) is 24.8 Å². The minimum absolute atomic E-state index is 0.00819. The molecule has 1 unspecified atom stereocenters. The fourth-order valence-corrected chi connectivity index (χ4v) is 4.06. The molecule has 1 aliphatic heterocycles. The number of anilines is 1. The summed E-state index contributed by atoms with van der Waals surface area (Å²) in [5, 5.41) is 16.0. The van der Waals surface area contributed by atoms with E-state index >= 15 is 0 Å². The summed E-state index contributed by atoms with van der Waals surface area (Å²) < 4.78 is 16.6. The number of hydrogen-bond acceptors (Lipinski definition) is 4. The quantitative estimate of drug-likeness (QED) is 0.741. The minimum Gasteiger partial charge on any atom is -0.477 e. The molecule has 2 heterocycles. The fourth-order valence-electron chi connectivity index (χ4n) is 3.71. The summed E-state index contributed by atoms with van der Waals surface area (Å²) in [5.74, 6) is -1.96. The van der Waals surface area contributed by atoms with Crippen molar-refractivity contribution in [3.8, 4) is 0 Å². The third-order valence-corrected chi connectivity index (χ3v) is 5.64. The van der Waals surface area contributed by atoms with Gasteiger partial charge in [0.05, 0.1) is 21.6 Å². The zero-order valence-corrected chi connectivity index (χ0v) is 15.5. The Morgan fingerprint density at radius 2 is 2.11 bits per heavy atom. The van der Waals surface area contributed by atoms with Crippen LogP contribution in [0.4, 0.5) is 10.1 Å². The van der Waals surface area contributed by atoms with E-state index in [1.165, 1.54) is 6.20 Å². The first-order chi connectivity index (χ1) is 13.0. The number of carboxylic acid groups (broad SMARTS) is 1. The van der Waals surface area contributed by atoms with Crippen molar-refractivity contribution in [1.82, 2.24) is 9.88 Å². The summed E-state index contributed by atoms with van der Waals surface area (Å²) in [6.45, 7) is 1.65. The molecule has 144 valence electrons. The van der Waals surface area contributed by atoms with E-state index in [0.717, 1.165) is 44.7 Å². The molecule has 8 heteroatoms. The summed E-state index contributed by atoms with van der Waals surface area (Å²) >= 11 is 6.56. The molecule has 0 radical (unpaired) electrons. The first-order valence-corrected chi connectivity index (χ1v) is 9.62. The van der Waals surface area contributed by atoms with Crippen molar-refractivity contribution >= 4 is 34.2 Å². The second kappa shape index (κ2) is 7.13. The summed E-state index contributed by atoms with van der Waals surface area (Å²) in [5.41, 5.74) is -0.495. The Morgan fingerprint density at radius 1 is 1.33 bits per heavy atom. The van der Waals surface area contributed by atoms with Gasteiger partial charge in [-0.2, -0.15) is 0 Å². The lowest BCUT2D eigenvalue weighted by Crippen LogP contribution is -2.31. The van der Waals surface area contributed by atoms with Gasteiger partial charge in [0.1, 0.15) is 11.4 Å². The van der Waals surface area contributed by atoms with Gasteiger partial charge >= 0.3 is 5.97 Å². The number of nitrogens with zero attached hydrogens (tertiary/aromatic N) is 1. The molecule has 6 nitrogen and oxygen atoms in total. The number of fused-ring (bicyclic) bond motifs is 1. The molecule has 2 aliphatic rings. The second-order valence-corrected chi connectivity index (χ2v) is 7.68. The lowest BCUT2D eigenvalue weighted by Gasteiger charge is -2.21. The van der Waals surface area contributed by atoms with Gasteiger partial charge in [0.25, 0.3) is 0 Å². The van der Waals surface area contributed by atoms with Crippen LogP contribution < -0.4 is 16.1 Å². The smallest absolute Gasteiger partial charge is 0.341 e. The average molecular weight is 394 g/mol. The second-order valence-electron chi connectivity index (χ2n) is 7.30. The lowest BCUT2D eigenvalue weighted by molar-refractivity contribution is 0.0695. The van der Waals surface area contributed by atoms with E-state index in [-0.39, 0.29) is 33.7 Å². The third-order valence-electron chi connectivity index (χ3n) is 5.27. The molecule has 0 bridgehead atoms. The van der Waals surface area contributed by atoms with E-state index < -0.39 is 17.2 Å². The Morgan fingerprint density at radius 3 is 2.81 bits per heavy atom. The Balaban J connectivity index is 1.87. The highest BCUT2D eigenvalue weighted by molar-refractivity contribution is 6.38. The van der Waals surface area contributed by atoms with E-state index in [1.54, 1.807) is 4.57 Å². The van der Waals surface area contributed by atoms with Crippen molar-refractivity contribution in [1.29, 1.82) is 0 Å². The predicted molar refractivity (Wildman–Crippen MR) is 103 cm³/mol. The maximum absolute atomic E-state index is 14.8. The van der Waals surface area contributed by atoms with Gasteiger partial charge in [-0.1, -0.05) is 18.0 Å². The number of rotatable bonds is 4. The number of hydrogen-bond donors (Lipinski definition) is 3. The van der Waals surface area contributed by atoms with Gasteiger partial charge in [-0.25, -0.2) is 9.18 Å². The highest BCUT2D eigenvalue weighted by atomic mass is 35.5. The number of carbonyl (C=O) groups is 1. The van der Waals surface area contributed by atoms with Crippen LogP contribution in [0, 0.1) is 5.82 Å². The molecule has 1 aliphatic carbocycles. The summed E-state index contributed by atoms with van der Waals surface area (Å²) in [7, 11) is 0. The molecule has 1 aromatic carbocycles. The molecule has 27 heavy (non-hydrogen) atoms. The van der Waals surface area contributed by atoms with Crippen molar-refractivity contribution in [2.45, 2.75) is 44.2 Å². The van der Waals surface area contributed by atoms with Crippen molar-refractivity contribution < 1.29 is 14.3 Å². The van der Waals surface area contributed by atoms with Gasteiger partial charge in [0.2, 0.25) is 5.43 Å². The Bertz CT molecular complexity index is 963. The molecule has 4 rings (SSSR count). The van der Waals surface area contributed by atoms with Gasteiger partial charge in [-0.05, 0) is 38.3 Å². The van der Waals surface area contributed by atoms with Crippen molar-refractivity contribution in [2.24, 2.45) is 0 Å². The van der Waals surface area contributed by atoms with E-state index in [2.05, 4.69) is 10.6 Å². The zero-order valence-electron chi connectivity index (χ0n) is 14.7. The molecule has 0 spiro atoms. The third kappa shape index (κ3) is 3.41. The number of pyridine rings is 1. The molecular weight excluding hydrogens is 373 g/mol. The maximum Gasteiger partial charge on any atom is 0.341 e. The van der Waals surface area contributed by atoms with Crippen molar-refractivity contribution in [3.63, 3.8) is 0 Å². The number of carboxylic acids is 1. The fraction of sp³-hybridized carbons (Fsp3) is 0.474. The molecule has 1 saturated heterocycles. The van der Waals surface area contributed by atoms with Crippen LogP contribution in [-0.2, 0) is 0 Å². The number of aromatic carboxylic acids is 1. The molecule has 1 aromatic heterocycles. The molecule has 3 N–H and O–H groups in total. The number of benzene rings is 1. The highest BCUT2D eigenvalue weighted by Crippen LogP contribution is 2.41. The van der Waals surface area contributed by atoms with Gasteiger partial charge < -0.3 is 20.3 Å². The molecular formula is C19H21ClFN3O3. The summed E-state index contributed by atoms with van der Waals surface area (Å²) in [4.78, 5) is 24.0. The van der Waals surface area contributed by atoms with E-state index in [4.69, 9.17) is 11.6 Å². The SMILES string of the molecule is O=C(O)c1cn(C2CC2)c2c(Cl)c(NC3CCCCNC3)c(F)cc2c1=O. The highest BCUT2D eigenvalue weighted by Gasteiger charge is 2.29. The Labute approximate surface area is 160 Å². The van der Waals surface area contributed by atoms with Gasteiger partial charge in [-0.15, -0.1) is 0 Å². The van der Waals surface area contributed by atoms with Crippen LogP contribution in [0.5, 0.6) is 0 Å². The standard InChI is InChI=1S/C19H21ClFN3O3/c20-15-16(23-10-3-1-2-6-22-8-10)14(21)7-12-17(15)24(11-4-5-11)9-13(18(12)25)19(26)27/h7,9-11,22-23H,1-6,8H2,(H,26,27). The first kappa shape index (κ1) is 18.3. The molecule has 0 amide bonds. The van der Waals surface area contributed by atoms with Crippen LogP contribution in [0.15, 0.2) is 17.1 Å². The zero-order chi connectivity index (χ0) is 19.1. The molecule has 2 fully saturated rings. The van der Waals surface area contributed by atoms with Crippen LogP contribution in [-0.4, -0.2) is 34.8 Å². The normalized spacial score (nSPS) is 20.4. The van der Waals surface area contributed by atoms with Crippen LogP contribution in [0.25, 0.3) is 10.9 Å². The maximum atomic E-state index is 14.8. The lowest BCUT2D eigenvalue weighted by atomic mass is 10.1. The van der Waals surface area contributed by atoms with E-state index in [0.29, 0.717) is 12.1 Å². The van der Waals surface area contributed by atoms with E-state index in [1.807, 2.05) is 0 Å². The molecule has 2 aromatic rings. The van der Waals surface area contributed by atoms with Crippen LogP contribution >= 0.6 is 11.6 Å². The summed E-state index contributed by atoms with van der Waals surface area (Å²) in [6.07, 6.45) is 6.09. The molecule has 1 atom stereocenters. The van der Waals surface area contributed by atoms with Crippen LogP contribution in [0.3, 0.4) is 0 Å². The largest absolute Gasteiger partial charge is 0.477 e. The predicted octanol–water partition coefficient (Wildman–Crippen LogP) is 3.38. The van der Waals surface area contributed by atoms with Gasteiger partial charge in [0.15, 0.2) is 0 Å². The Kier molecular flexibility index (Phi) is 4.82. The van der Waals surface area contributed by atoms with E-state index in [9.17, 15) is 19.1 Å². The van der Waals surface area contributed by atoms with Crippen LogP contribution in [0.1, 0.15) is 48.5 Å². The number of aromatic nitrogens is 1. The Hall–Kier alpha value is -2.12. The topological polar surface area (TPSA) is 83.4 Å². The van der Waals surface area contributed by atoms with Crippen molar-refractivity contribution in [2.75, 3.05) is 18.4 Å². The minimum atomic E-state index is -1.32. The summed E-state index contributed by atoms with van der Waals surface area (Å²) in [6, 6.07) is 1.24. The number of nitrogens with one attached hydrogen (secondary N) is 2. The monoisotopic (exact) mass is 393 g/mol.